The predicted molar refractivity (Wildman–Crippen MR) is 74.1 cm³/mol. The first-order valence-corrected chi connectivity index (χ1v) is 6.41. The molecule has 0 amide bonds. The Bertz CT molecular complexity index is 523. The lowest BCUT2D eigenvalue weighted by Gasteiger charge is -2.17. The fourth-order valence-electron chi connectivity index (χ4n) is 2.01. The third kappa shape index (κ3) is 2.86. The first-order chi connectivity index (χ1) is 8.63. The molecule has 1 aromatic heterocycles. The van der Waals surface area contributed by atoms with Crippen molar-refractivity contribution < 1.29 is 9.15 Å². The lowest BCUT2D eigenvalue weighted by atomic mass is 10.1. The van der Waals surface area contributed by atoms with Crippen LogP contribution in [0.1, 0.15) is 25.1 Å². The van der Waals surface area contributed by atoms with Gasteiger partial charge < -0.3 is 14.5 Å². The molecule has 2 unspecified atom stereocenters. The van der Waals surface area contributed by atoms with Gasteiger partial charge in [-0.15, -0.1) is 0 Å². The van der Waals surface area contributed by atoms with Gasteiger partial charge in [-0.2, -0.15) is 0 Å². The second kappa shape index (κ2) is 5.74. The van der Waals surface area contributed by atoms with Gasteiger partial charge in [-0.25, -0.2) is 0 Å². The summed E-state index contributed by atoms with van der Waals surface area (Å²) >= 11 is 5.97. The van der Waals surface area contributed by atoms with E-state index in [-0.39, 0.29) is 12.1 Å². The van der Waals surface area contributed by atoms with E-state index in [1.54, 1.807) is 7.11 Å². The molecule has 0 bridgehead atoms. The second-order valence-corrected chi connectivity index (χ2v) is 4.89. The molecule has 4 heteroatoms. The van der Waals surface area contributed by atoms with Crippen molar-refractivity contribution in [1.82, 2.24) is 5.32 Å². The van der Waals surface area contributed by atoms with Crippen molar-refractivity contribution in [3.05, 3.63) is 35.0 Å². The Morgan fingerprint density at radius 1 is 1.39 bits per heavy atom. The Labute approximate surface area is 112 Å². The molecule has 0 saturated heterocycles. The van der Waals surface area contributed by atoms with Crippen LogP contribution in [0.5, 0.6) is 0 Å². The average molecular weight is 268 g/mol. The quantitative estimate of drug-likeness (QED) is 0.895. The molecule has 3 nitrogen and oxygen atoms in total. The van der Waals surface area contributed by atoms with Crippen LogP contribution in [-0.2, 0) is 4.74 Å². The molecule has 0 fully saturated rings. The fourth-order valence-corrected chi connectivity index (χ4v) is 2.19. The summed E-state index contributed by atoms with van der Waals surface area (Å²) in [6.45, 7) is 2.05. The predicted octanol–water partition coefficient (Wildman–Crippen LogP) is 3.77. The molecular weight excluding hydrogens is 250 g/mol. The van der Waals surface area contributed by atoms with Crippen molar-refractivity contribution >= 4 is 22.6 Å². The summed E-state index contributed by atoms with van der Waals surface area (Å²) in [4.78, 5) is 0. The lowest BCUT2D eigenvalue weighted by Crippen LogP contribution is -2.21. The van der Waals surface area contributed by atoms with Crippen LogP contribution in [0.4, 0.5) is 0 Å². The van der Waals surface area contributed by atoms with Crippen molar-refractivity contribution in [3.63, 3.8) is 0 Å². The van der Waals surface area contributed by atoms with Gasteiger partial charge in [0.1, 0.15) is 11.3 Å². The first kappa shape index (κ1) is 13.4. The van der Waals surface area contributed by atoms with Gasteiger partial charge in [0.15, 0.2) is 0 Å². The first-order valence-electron chi connectivity index (χ1n) is 6.03. The highest BCUT2D eigenvalue weighted by Crippen LogP contribution is 2.28. The van der Waals surface area contributed by atoms with E-state index < -0.39 is 0 Å². The van der Waals surface area contributed by atoms with Gasteiger partial charge in [-0.1, -0.05) is 11.6 Å². The standard InChI is InChI=1S/C14H18ClNO2/c1-9(17-3)6-12(16-2)14-8-10-7-11(15)4-5-13(10)18-14/h4-5,7-9,12,16H,6H2,1-3H3. The number of hydrogen-bond donors (Lipinski definition) is 1. The molecule has 0 aliphatic rings. The van der Waals surface area contributed by atoms with Crippen LogP contribution in [0.2, 0.25) is 5.02 Å². The Kier molecular flexibility index (Phi) is 4.27. The SMILES string of the molecule is CNC(CC(C)OC)c1cc2cc(Cl)ccc2o1. The van der Waals surface area contributed by atoms with Gasteiger partial charge in [0.25, 0.3) is 0 Å². The monoisotopic (exact) mass is 267 g/mol. The minimum Gasteiger partial charge on any atom is -0.459 e. The number of fused-ring (bicyclic) bond motifs is 1. The van der Waals surface area contributed by atoms with Crippen LogP contribution < -0.4 is 5.32 Å². The summed E-state index contributed by atoms with van der Waals surface area (Å²) in [5.74, 6) is 0.915. The topological polar surface area (TPSA) is 34.4 Å². The van der Waals surface area contributed by atoms with Crippen molar-refractivity contribution in [1.29, 1.82) is 0 Å². The molecule has 2 atom stereocenters. The molecular formula is C14H18ClNO2. The van der Waals surface area contributed by atoms with E-state index in [1.807, 2.05) is 38.2 Å². The summed E-state index contributed by atoms with van der Waals surface area (Å²) in [7, 11) is 3.64. The molecule has 2 aromatic rings. The van der Waals surface area contributed by atoms with Crippen LogP contribution in [0.3, 0.4) is 0 Å². The molecule has 2 rings (SSSR count). The number of methoxy groups -OCH3 is 1. The Hall–Kier alpha value is -1.03. The maximum atomic E-state index is 5.97. The summed E-state index contributed by atoms with van der Waals surface area (Å²) in [5.41, 5.74) is 0.861. The van der Waals surface area contributed by atoms with E-state index in [9.17, 15) is 0 Å². The van der Waals surface area contributed by atoms with Crippen molar-refractivity contribution in [3.8, 4) is 0 Å². The summed E-state index contributed by atoms with van der Waals surface area (Å²) in [6.07, 6.45) is 1.04. The molecule has 1 heterocycles. The van der Waals surface area contributed by atoms with Gasteiger partial charge in [0.05, 0.1) is 12.1 Å². The molecule has 0 aliphatic carbocycles. The van der Waals surface area contributed by atoms with Crippen LogP contribution in [0.15, 0.2) is 28.7 Å². The van der Waals surface area contributed by atoms with E-state index in [0.29, 0.717) is 0 Å². The summed E-state index contributed by atoms with van der Waals surface area (Å²) in [5, 5.41) is 5.01. The zero-order valence-corrected chi connectivity index (χ0v) is 11.6. The van der Waals surface area contributed by atoms with Gasteiger partial charge >= 0.3 is 0 Å². The fraction of sp³-hybridized carbons (Fsp3) is 0.429. The number of hydrogen-bond acceptors (Lipinski definition) is 3. The zero-order chi connectivity index (χ0) is 13.1. The van der Waals surface area contributed by atoms with Crippen LogP contribution in [-0.4, -0.2) is 20.3 Å². The molecule has 0 spiro atoms. The largest absolute Gasteiger partial charge is 0.459 e. The van der Waals surface area contributed by atoms with E-state index >= 15 is 0 Å². The van der Waals surface area contributed by atoms with E-state index in [2.05, 4.69) is 5.32 Å². The number of benzene rings is 1. The zero-order valence-electron chi connectivity index (χ0n) is 10.9. The van der Waals surface area contributed by atoms with Crippen LogP contribution >= 0.6 is 11.6 Å². The van der Waals surface area contributed by atoms with Gasteiger partial charge in [-0.05, 0) is 44.7 Å². The van der Waals surface area contributed by atoms with Gasteiger partial charge in [0, 0.05) is 17.5 Å². The minimum atomic E-state index is 0.145. The second-order valence-electron chi connectivity index (χ2n) is 4.45. The minimum absolute atomic E-state index is 0.145. The molecule has 1 aromatic carbocycles. The molecule has 18 heavy (non-hydrogen) atoms. The van der Waals surface area contributed by atoms with E-state index in [0.717, 1.165) is 28.2 Å². The highest BCUT2D eigenvalue weighted by molar-refractivity contribution is 6.31. The number of halogens is 1. The Morgan fingerprint density at radius 2 is 2.17 bits per heavy atom. The number of nitrogens with one attached hydrogen (secondary N) is 1. The van der Waals surface area contributed by atoms with Gasteiger partial charge in [0.2, 0.25) is 0 Å². The molecule has 98 valence electrons. The lowest BCUT2D eigenvalue weighted by molar-refractivity contribution is 0.0988. The number of furan rings is 1. The highest BCUT2D eigenvalue weighted by atomic mass is 35.5. The Balaban J connectivity index is 2.28. The summed E-state index contributed by atoms with van der Waals surface area (Å²) < 4.78 is 11.1. The van der Waals surface area contributed by atoms with E-state index in [1.165, 1.54) is 0 Å². The van der Waals surface area contributed by atoms with Crippen molar-refractivity contribution in [2.45, 2.75) is 25.5 Å². The molecule has 0 saturated carbocycles. The van der Waals surface area contributed by atoms with E-state index in [4.69, 9.17) is 20.8 Å². The average Bonchev–Trinajstić information content (AvgIpc) is 2.78. The number of ether oxygens (including phenoxy) is 1. The molecule has 0 aliphatic heterocycles. The molecule has 1 N–H and O–H groups in total. The maximum Gasteiger partial charge on any atom is 0.134 e. The van der Waals surface area contributed by atoms with Crippen LogP contribution in [0.25, 0.3) is 11.0 Å². The normalized spacial score (nSPS) is 14.9. The van der Waals surface area contributed by atoms with Crippen molar-refractivity contribution in [2.75, 3.05) is 14.2 Å². The third-order valence-corrected chi connectivity index (χ3v) is 3.39. The third-order valence-electron chi connectivity index (χ3n) is 3.16. The maximum absolute atomic E-state index is 5.97. The smallest absolute Gasteiger partial charge is 0.134 e. The number of rotatable bonds is 5. The van der Waals surface area contributed by atoms with Gasteiger partial charge in [-0.3, -0.25) is 0 Å². The molecule has 0 radical (unpaired) electrons. The van der Waals surface area contributed by atoms with Crippen LogP contribution in [0, 0.1) is 0 Å². The Morgan fingerprint density at radius 3 is 2.83 bits per heavy atom. The van der Waals surface area contributed by atoms with Crippen molar-refractivity contribution in [2.24, 2.45) is 0 Å². The highest BCUT2D eigenvalue weighted by Gasteiger charge is 2.17. The summed E-state index contributed by atoms with van der Waals surface area (Å²) in [6, 6.07) is 7.82.